The first-order valence-electron chi connectivity index (χ1n) is 9.41. The summed E-state index contributed by atoms with van der Waals surface area (Å²) in [5.41, 5.74) is 0.705. The molecule has 2 aromatic rings. The highest BCUT2D eigenvalue weighted by Crippen LogP contribution is 2.32. The molecular formula is C22H21BrN2O5. The van der Waals surface area contributed by atoms with E-state index in [1.54, 1.807) is 49.4 Å². The van der Waals surface area contributed by atoms with E-state index in [9.17, 15) is 14.4 Å². The van der Waals surface area contributed by atoms with Gasteiger partial charge in [-0.25, -0.2) is 9.69 Å². The zero-order valence-corrected chi connectivity index (χ0v) is 18.4. The van der Waals surface area contributed by atoms with E-state index >= 15 is 0 Å². The molecule has 0 radical (unpaired) electrons. The Hall–Kier alpha value is -3.13. The summed E-state index contributed by atoms with van der Waals surface area (Å²) in [7, 11) is 0. The third-order valence-corrected chi connectivity index (χ3v) is 4.76. The van der Waals surface area contributed by atoms with Crippen LogP contribution >= 0.6 is 15.9 Å². The third-order valence-electron chi connectivity index (χ3n) is 4.14. The van der Waals surface area contributed by atoms with Gasteiger partial charge in [-0.3, -0.25) is 14.9 Å². The lowest BCUT2D eigenvalue weighted by molar-refractivity contribution is -0.122. The molecule has 156 valence electrons. The lowest BCUT2D eigenvalue weighted by Crippen LogP contribution is -2.54. The molecule has 1 heterocycles. The van der Waals surface area contributed by atoms with Crippen LogP contribution in [0.15, 0.2) is 52.5 Å². The molecule has 7 nitrogen and oxygen atoms in total. The number of hydrogen-bond acceptors (Lipinski definition) is 5. The van der Waals surface area contributed by atoms with Crippen molar-refractivity contribution in [3.05, 3.63) is 58.1 Å². The van der Waals surface area contributed by atoms with E-state index in [0.29, 0.717) is 28.1 Å². The van der Waals surface area contributed by atoms with Gasteiger partial charge in [-0.15, -0.1) is 0 Å². The third kappa shape index (κ3) is 4.54. The summed E-state index contributed by atoms with van der Waals surface area (Å²) in [6, 6.07) is 11.1. The van der Waals surface area contributed by atoms with E-state index < -0.39 is 17.8 Å². The van der Waals surface area contributed by atoms with E-state index in [1.165, 1.54) is 6.08 Å². The van der Waals surface area contributed by atoms with E-state index in [4.69, 9.17) is 9.47 Å². The van der Waals surface area contributed by atoms with Crippen molar-refractivity contribution in [2.24, 2.45) is 0 Å². The van der Waals surface area contributed by atoms with Crippen LogP contribution in [0.2, 0.25) is 0 Å². The molecule has 0 aliphatic carbocycles. The predicted molar refractivity (Wildman–Crippen MR) is 117 cm³/mol. The number of hydrogen-bond donors (Lipinski definition) is 1. The Morgan fingerprint density at radius 3 is 2.50 bits per heavy atom. The van der Waals surface area contributed by atoms with Gasteiger partial charge in [0.15, 0.2) is 0 Å². The van der Waals surface area contributed by atoms with Gasteiger partial charge in [0.05, 0.1) is 22.9 Å². The summed E-state index contributed by atoms with van der Waals surface area (Å²) < 4.78 is 11.9. The highest BCUT2D eigenvalue weighted by Gasteiger charge is 2.38. The number of nitrogens with zero attached hydrogens (tertiary/aromatic N) is 1. The zero-order chi connectivity index (χ0) is 21.8. The number of benzene rings is 2. The smallest absolute Gasteiger partial charge is 0.336 e. The SMILES string of the molecule is CCOc1ccccc1N1C(=O)NC(=O)/C(=C\c2ccc(OC(C)C)c(Br)c2)C1=O. The predicted octanol–water partition coefficient (Wildman–Crippen LogP) is 4.30. The fraction of sp³-hybridized carbons (Fsp3) is 0.227. The van der Waals surface area contributed by atoms with E-state index in [2.05, 4.69) is 21.2 Å². The standard InChI is InChI=1S/C22H21BrN2O5/c1-4-29-19-8-6-5-7-17(19)25-21(27)15(20(26)24-22(25)28)11-14-9-10-18(16(23)12-14)30-13(2)3/h5-13H,4H2,1-3H3,(H,24,26,28)/b15-11+. The van der Waals surface area contributed by atoms with Gasteiger partial charge in [-0.2, -0.15) is 0 Å². The maximum absolute atomic E-state index is 13.1. The molecule has 0 spiro atoms. The van der Waals surface area contributed by atoms with Gasteiger partial charge >= 0.3 is 6.03 Å². The summed E-state index contributed by atoms with van der Waals surface area (Å²) in [6.45, 7) is 5.99. The second kappa shape index (κ2) is 9.13. The van der Waals surface area contributed by atoms with Crippen LogP contribution in [0.25, 0.3) is 6.08 Å². The number of carbonyl (C=O) groups excluding carboxylic acids is 3. The Labute approximate surface area is 182 Å². The second-order valence-corrected chi connectivity index (χ2v) is 7.57. The number of halogens is 1. The lowest BCUT2D eigenvalue weighted by atomic mass is 10.1. The number of para-hydroxylation sites is 2. The van der Waals surface area contributed by atoms with Crippen LogP contribution in [0.1, 0.15) is 26.3 Å². The fourth-order valence-electron chi connectivity index (χ4n) is 2.92. The Morgan fingerprint density at radius 2 is 1.83 bits per heavy atom. The van der Waals surface area contributed by atoms with E-state index in [0.717, 1.165) is 4.90 Å². The Morgan fingerprint density at radius 1 is 1.10 bits per heavy atom. The van der Waals surface area contributed by atoms with E-state index in [1.807, 2.05) is 13.8 Å². The van der Waals surface area contributed by atoms with Gasteiger partial charge in [-0.1, -0.05) is 18.2 Å². The van der Waals surface area contributed by atoms with Crippen molar-refractivity contribution >= 4 is 45.5 Å². The first-order valence-corrected chi connectivity index (χ1v) is 10.2. The van der Waals surface area contributed by atoms with Crippen molar-refractivity contribution in [1.82, 2.24) is 5.32 Å². The molecular weight excluding hydrogens is 452 g/mol. The molecule has 0 atom stereocenters. The van der Waals surface area contributed by atoms with Crippen LogP contribution in [-0.2, 0) is 9.59 Å². The summed E-state index contributed by atoms with van der Waals surface area (Å²) in [4.78, 5) is 38.8. The number of urea groups is 1. The van der Waals surface area contributed by atoms with Gasteiger partial charge in [0.25, 0.3) is 11.8 Å². The monoisotopic (exact) mass is 472 g/mol. The number of imide groups is 2. The van der Waals surface area contributed by atoms with Gasteiger partial charge < -0.3 is 9.47 Å². The minimum absolute atomic E-state index is 0.00110. The summed E-state index contributed by atoms with van der Waals surface area (Å²) >= 11 is 3.43. The number of ether oxygens (including phenoxy) is 2. The molecule has 4 amide bonds. The first-order chi connectivity index (χ1) is 14.3. The van der Waals surface area contributed by atoms with Crippen LogP contribution in [0.3, 0.4) is 0 Å². The van der Waals surface area contributed by atoms with Crippen LogP contribution in [0.5, 0.6) is 11.5 Å². The van der Waals surface area contributed by atoms with Gasteiger partial charge in [0.1, 0.15) is 17.1 Å². The maximum Gasteiger partial charge on any atom is 0.336 e. The Balaban J connectivity index is 1.98. The topological polar surface area (TPSA) is 84.9 Å². The molecule has 1 saturated heterocycles. The molecule has 1 fully saturated rings. The normalized spacial score (nSPS) is 15.6. The lowest BCUT2D eigenvalue weighted by Gasteiger charge is -2.27. The first kappa shape index (κ1) is 21.6. The highest BCUT2D eigenvalue weighted by atomic mass is 79.9. The van der Waals surface area contributed by atoms with Crippen LogP contribution < -0.4 is 19.7 Å². The van der Waals surface area contributed by atoms with Crippen molar-refractivity contribution < 1.29 is 23.9 Å². The minimum atomic E-state index is -0.823. The fourth-order valence-corrected chi connectivity index (χ4v) is 3.41. The van der Waals surface area contributed by atoms with Gasteiger partial charge in [0.2, 0.25) is 0 Å². The number of carbonyl (C=O) groups is 3. The number of rotatable bonds is 6. The van der Waals surface area contributed by atoms with Crippen molar-refractivity contribution in [2.75, 3.05) is 11.5 Å². The molecule has 0 saturated carbocycles. The Bertz CT molecular complexity index is 1030. The molecule has 30 heavy (non-hydrogen) atoms. The van der Waals surface area contributed by atoms with Gasteiger partial charge in [-0.05, 0) is 72.6 Å². The molecule has 0 bridgehead atoms. The van der Waals surface area contributed by atoms with Crippen molar-refractivity contribution in [1.29, 1.82) is 0 Å². The number of anilines is 1. The number of amides is 4. The van der Waals surface area contributed by atoms with Crippen molar-refractivity contribution in [3.63, 3.8) is 0 Å². The largest absolute Gasteiger partial charge is 0.492 e. The highest BCUT2D eigenvalue weighted by molar-refractivity contribution is 9.10. The maximum atomic E-state index is 13.1. The molecule has 3 rings (SSSR count). The second-order valence-electron chi connectivity index (χ2n) is 6.72. The van der Waals surface area contributed by atoms with Crippen molar-refractivity contribution in [3.8, 4) is 11.5 Å². The molecule has 2 aromatic carbocycles. The summed E-state index contributed by atoms with van der Waals surface area (Å²) in [6.07, 6.45) is 1.44. The number of barbiturate groups is 1. The molecule has 8 heteroatoms. The molecule has 1 aliphatic rings. The average molecular weight is 473 g/mol. The van der Waals surface area contributed by atoms with Gasteiger partial charge in [0, 0.05) is 0 Å². The van der Waals surface area contributed by atoms with E-state index in [-0.39, 0.29) is 17.4 Å². The summed E-state index contributed by atoms with van der Waals surface area (Å²) in [5.74, 6) is -0.465. The molecule has 0 aromatic heterocycles. The van der Waals surface area contributed by atoms with Crippen molar-refractivity contribution in [2.45, 2.75) is 26.9 Å². The van der Waals surface area contributed by atoms with Crippen LogP contribution in [-0.4, -0.2) is 30.6 Å². The van der Waals surface area contributed by atoms with Crippen LogP contribution in [0.4, 0.5) is 10.5 Å². The van der Waals surface area contributed by atoms with Crippen LogP contribution in [0, 0.1) is 0 Å². The molecule has 0 unspecified atom stereocenters. The molecule has 1 N–H and O–H groups in total. The minimum Gasteiger partial charge on any atom is -0.492 e. The average Bonchev–Trinajstić information content (AvgIpc) is 2.68. The summed E-state index contributed by atoms with van der Waals surface area (Å²) in [5, 5.41) is 2.22. The quantitative estimate of drug-likeness (QED) is 0.500. The molecule has 1 aliphatic heterocycles. The number of nitrogens with one attached hydrogen (secondary N) is 1. The Kier molecular flexibility index (Phi) is 6.56. The zero-order valence-electron chi connectivity index (χ0n) is 16.8.